The molecule has 1 aliphatic rings. The third kappa shape index (κ3) is 5.36. The highest BCUT2D eigenvalue weighted by Crippen LogP contribution is 2.29. The summed E-state index contributed by atoms with van der Waals surface area (Å²) in [6.07, 6.45) is -3.83. The van der Waals surface area contributed by atoms with Gasteiger partial charge in [-0.3, -0.25) is 4.79 Å². The van der Waals surface area contributed by atoms with E-state index in [0.717, 1.165) is 13.1 Å². The van der Waals surface area contributed by atoms with E-state index >= 15 is 0 Å². The second-order valence-electron chi connectivity index (χ2n) is 4.94. The number of alkyl halides is 3. The molecule has 112 valence electrons. The molecule has 0 aromatic rings. The van der Waals surface area contributed by atoms with Crippen LogP contribution in [0.1, 0.15) is 25.7 Å². The fourth-order valence-electron chi connectivity index (χ4n) is 2.30. The van der Waals surface area contributed by atoms with Crippen molar-refractivity contribution in [2.45, 2.75) is 31.9 Å². The van der Waals surface area contributed by atoms with Crippen LogP contribution in [0.3, 0.4) is 0 Å². The third-order valence-corrected chi connectivity index (χ3v) is 3.39. The zero-order valence-electron chi connectivity index (χ0n) is 11.1. The topological polar surface area (TPSA) is 50.4 Å². The van der Waals surface area contributed by atoms with Crippen molar-refractivity contribution < 1.29 is 22.7 Å². The van der Waals surface area contributed by atoms with E-state index < -0.39 is 18.0 Å². The summed E-state index contributed by atoms with van der Waals surface area (Å²) >= 11 is 0. The minimum atomic E-state index is -4.16. The lowest BCUT2D eigenvalue weighted by atomic mass is 9.78. The van der Waals surface area contributed by atoms with Crippen LogP contribution in [-0.2, 0) is 9.53 Å². The first-order valence-electron chi connectivity index (χ1n) is 6.44. The van der Waals surface area contributed by atoms with Gasteiger partial charge < -0.3 is 15.4 Å². The van der Waals surface area contributed by atoms with Crippen LogP contribution >= 0.6 is 0 Å². The molecule has 1 aliphatic heterocycles. The van der Waals surface area contributed by atoms with Gasteiger partial charge in [-0.25, -0.2) is 0 Å². The summed E-state index contributed by atoms with van der Waals surface area (Å²) in [5.74, 6) is -0.196. The predicted octanol–water partition coefficient (Wildman–Crippen LogP) is 1.46. The van der Waals surface area contributed by atoms with Crippen LogP contribution in [0.4, 0.5) is 13.2 Å². The summed E-state index contributed by atoms with van der Waals surface area (Å²) < 4.78 is 41.1. The Balaban J connectivity index is 2.40. The minimum absolute atomic E-state index is 0.0528. The van der Waals surface area contributed by atoms with Crippen molar-refractivity contribution in [2.75, 3.05) is 33.4 Å². The molecular formula is C12H21F3N2O2. The van der Waals surface area contributed by atoms with E-state index in [-0.39, 0.29) is 18.9 Å². The van der Waals surface area contributed by atoms with Crippen LogP contribution < -0.4 is 10.6 Å². The maximum Gasteiger partial charge on any atom is 0.389 e. The highest BCUT2D eigenvalue weighted by molar-refractivity contribution is 5.82. The Bertz CT molecular complexity index is 284. The summed E-state index contributed by atoms with van der Waals surface area (Å²) in [4.78, 5) is 12.1. The summed E-state index contributed by atoms with van der Waals surface area (Å²) in [6, 6.07) is 0. The van der Waals surface area contributed by atoms with Crippen molar-refractivity contribution in [3.05, 3.63) is 0 Å². The van der Waals surface area contributed by atoms with Gasteiger partial charge in [-0.1, -0.05) is 0 Å². The van der Waals surface area contributed by atoms with Gasteiger partial charge in [0.15, 0.2) is 0 Å². The number of carbonyl (C=O) groups is 1. The molecule has 2 N–H and O–H groups in total. The van der Waals surface area contributed by atoms with Gasteiger partial charge in [0.2, 0.25) is 5.91 Å². The first-order chi connectivity index (χ1) is 8.90. The van der Waals surface area contributed by atoms with Gasteiger partial charge in [-0.2, -0.15) is 13.2 Å². The first-order valence-corrected chi connectivity index (χ1v) is 6.44. The zero-order valence-corrected chi connectivity index (χ0v) is 11.1. The lowest BCUT2D eigenvalue weighted by molar-refractivity contribution is -0.140. The normalized spacial score (nSPS) is 19.2. The van der Waals surface area contributed by atoms with Crippen LogP contribution in [0.2, 0.25) is 0 Å². The Morgan fingerprint density at radius 3 is 2.53 bits per heavy atom. The second-order valence-corrected chi connectivity index (χ2v) is 4.94. The molecule has 0 radical (unpaired) electrons. The molecule has 0 aromatic carbocycles. The highest BCUT2D eigenvalue weighted by atomic mass is 19.4. The first kappa shape index (κ1) is 16.2. The van der Waals surface area contributed by atoms with E-state index in [2.05, 4.69) is 10.6 Å². The van der Waals surface area contributed by atoms with Crippen LogP contribution in [-0.4, -0.2) is 45.4 Å². The van der Waals surface area contributed by atoms with Crippen LogP contribution in [0.15, 0.2) is 0 Å². The summed E-state index contributed by atoms with van der Waals surface area (Å²) in [6.45, 7) is 1.80. The van der Waals surface area contributed by atoms with Crippen LogP contribution in [0, 0.1) is 5.41 Å². The molecule has 7 heteroatoms. The van der Waals surface area contributed by atoms with Crippen LogP contribution in [0.5, 0.6) is 0 Å². The van der Waals surface area contributed by atoms with Gasteiger partial charge in [0.05, 0.1) is 12.0 Å². The molecule has 1 heterocycles. The molecule has 1 saturated heterocycles. The SMILES string of the molecule is COCC1(C(=O)NCCCC(F)(F)F)CCNCC1. The maximum absolute atomic E-state index is 12.1. The van der Waals surface area contributed by atoms with Crippen molar-refractivity contribution in [1.29, 1.82) is 0 Å². The molecule has 0 atom stereocenters. The number of hydrogen-bond acceptors (Lipinski definition) is 3. The van der Waals surface area contributed by atoms with E-state index in [1.54, 1.807) is 0 Å². The number of nitrogens with one attached hydrogen (secondary N) is 2. The zero-order chi connectivity index (χ0) is 14.4. The average Bonchev–Trinajstić information content (AvgIpc) is 2.34. The molecule has 1 amide bonds. The lowest BCUT2D eigenvalue weighted by Gasteiger charge is -2.35. The Morgan fingerprint density at radius 1 is 1.37 bits per heavy atom. The van der Waals surface area contributed by atoms with Gasteiger partial charge >= 0.3 is 6.18 Å². The molecule has 0 saturated carbocycles. The van der Waals surface area contributed by atoms with E-state index in [9.17, 15) is 18.0 Å². The Morgan fingerprint density at radius 2 is 2.00 bits per heavy atom. The molecule has 1 rings (SSSR count). The summed E-state index contributed by atoms with van der Waals surface area (Å²) in [7, 11) is 1.53. The van der Waals surface area contributed by atoms with Gasteiger partial charge in [-0.05, 0) is 32.4 Å². The van der Waals surface area contributed by atoms with E-state index in [4.69, 9.17) is 4.74 Å². The lowest BCUT2D eigenvalue weighted by Crippen LogP contribution is -2.50. The second kappa shape index (κ2) is 7.09. The summed E-state index contributed by atoms with van der Waals surface area (Å²) in [5.41, 5.74) is -0.599. The third-order valence-electron chi connectivity index (χ3n) is 3.39. The molecule has 4 nitrogen and oxygen atoms in total. The molecule has 1 fully saturated rings. The Kier molecular flexibility index (Phi) is 6.06. The van der Waals surface area contributed by atoms with Crippen LogP contribution in [0.25, 0.3) is 0 Å². The predicted molar refractivity (Wildman–Crippen MR) is 64.7 cm³/mol. The molecule has 0 aliphatic carbocycles. The number of piperidine rings is 1. The van der Waals surface area contributed by atoms with Gasteiger partial charge in [0, 0.05) is 20.1 Å². The van der Waals surface area contributed by atoms with E-state index in [1.165, 1.54) is 7.11 Å². The number of rotatable bonds is 6. The van der Waals surface area contributed by atoms with Crippen molar-refractivity contribution in [3.8, 4) is 0 Å². The Labute approximate surface area is 111 Å². The number of ether oxygens (including phenoxy) is 1. The number of methoxy groups -OCH3 is 1. The standard InChI is InChI=1S/C12H21F3N2O2/c1-19-9-11(4-7-16-8-5-11)10(18)17-6-2-3-12(13,14)15/h16H,2-9H2,1H3,(H,17,18). The fraction of sp³-hybridized carbons (Fsp3) is 0.917. The van der Waals surface area contributed by atoms with Crippen molar-refractivity contribution in [3.63, 3.8) is 0 Å². The smallest absolute Gasteiger partial charge is 0.384 e. The molecule has 19 heavy (non-hydrogen) atoms. The number of carbonyl (C=O) groups excluding carboxylic acids is 1. The summed E-state index contributed by atoms with van der Waals surface area (Å²) in [5, 5.41) is 5.76. The van der Waals surface area contributed by atoms with E-state index in [0.29, 0.717) is 19.4 Å². The van der Waals surface area contributed by atoms with E-state index in [1.807, 2.05) is 0 Å². The maximum atomic E-state index is 12.1. The molecule has 0 spiro atoms. The van der Waals surface area contributed by atoms with Crippen molar-refractivity contribution in [2.24, 2.45) is 5.41 Å². The monoisotopic (exact) mass is 282 g/mol. The van der Waals surface area contributed by atoms with Crippen molar-refractivity contribution >= 4 is 5.91 Å². The molecule has 0 unspecified atom stereocenters. The van der Waals surface area contributed by atoms with Gasteiger partial charge in [0.25, 0.3) is 0 Å². The minimum Gasteiger partial charge on any atom is -0.384 e. The molecular weight excluding hydrogens is 261 g/mol. The van der Waals surface area contributed by atoms with Gasteiger partial charge in [-0.15, -0.1) is 0 Å². The average molecular weight is 282 g/mol. The Hall–Kier alpha value is -0.820. The molecule has 0 bridgehead atoms. The molecule has 0 aromatic heterocycles. The van der Waals surface area contributed by atoms with Crippen molar-refractivity contribution in [1.82, 2.24) is 10.6 Å². The largest absolute Gasteiger partial charge is 0.389 e. The quantitative estimate of drug-likeness (QED) is 0.725. The van der Waals surface area contributed by atoms with Gasteiger partial charge in [0.1, 0.15) is 0 Å². The number of halogens is 3. The number of amides is 1. The fourth-order valence-corrected chi connectivity index (χ4v) is 2.30. The highest BCUT2D eigenvalue weighted by Gasteiger charge is 2.39. The number of hydrogen-bond donors (Lipinski definition) is 2.